The number of rotatable bonds is 6. The standard InChI is InChI=1S/C14H22ClNO/c1-4-14(10-17,16-9-11(2)3)12-5-7-13(15)8-6-12/h5-8,11,16-17H,4,9-10H2,1-3H3. The number of hydrogen-bond acceptors (Lipinski definition) is 2. The lowest BCUT2D eigenvalue weighted by Gasteiger charge is -2.33. The van der Waals surface area contributed by atoms with Gasteiger partial charge < -0.3 is 10.4 Å². The Hall–Kier alpha value is -0.570. The van der Waals surface area contributed by atoms with Crippen LogP contribution in [0.15, 0.2) is 24.3 Å². The zero-order valence-electron chi connectivity index (χ0n) is 10.8. The Morgan fingerprint density at radius 2 is 1.88 bits per heavy atom. The van der Waals surface area contributed by atoms with Crippen molar-refractivity contribution in [3.63, 3.8) is 0 Å². The zero-order valence-corrected chi connectivity index (χ0v) is 11.6. The number of benzene rings is 1. The monoisotopic (exact) mass is 255 g/mol. The maximum absolute atomic E-state index is 9.72. The van der Waals surface area contributed by atoms with Gasteiger partial charge in [-0.3, -0.25) is 0 Å². The molecule has 1 aromatic rings. The first kappa shape index (κ1) is 14.5. The molecule has 0 heterocycles. The Morgan fingerprint density at radius 1 is 1.29 bits per heavy atom. The molecule has 1 rings (SSSR count). The molecule has 0 saturated carbocycles. The van der Waals surface area contributed by atoms with E-state index in [9.17, 15) is 5.11 Å². The molecule has 1 aromatic carbocycles. The summed E-state index contributed by atoms with van der Waals surface area (Å²) in [7, 11) is 0. The third kappa shape index (κ3) is 3.70. The molecule has 2 N–H and O–H groups in total. The van der Waals surface area contributed by atoms with Crippen LogP contribution in [0.25, 0.3) is 0 Å². The Labute approximate surface area is 109 Å². The van der Waals surface area contributed by atoms with Crippen molar-refractivity contribution < 1.29 is 5.11 Å². The molecule has 96 valence electrons. The lowest BCUT2D eigenvalue weighted by atomic mass is 9.87. The van der Waals surface area contributed by atoms with E-state index in [4.69, 9.17) is 11.6 Å². The van der Waals surface area contributed by atoms with E-state index in [-0.39, 0.29) is 12.1 Å². The van der Waals surface area contributed by atoms with Crippen LogP contribution in [-0.4, -0.2) is 18.3 Å². The van der Waals surface area contributed by atoms with Gasteiger partial charge in [-0.1, -0.05) is 44.5 Å². The second-order valence-electron chi connectivity index (χ2n) is 4.88. The summed E-state index contributed by atoms with van der Waals surface area (Å²) < 4.78 is 0. The quantitative estimate of drug-likeness (QED) is 0.818. The lowest BCUT2D eigenvalue weighted by molar-refractivity contribution is 0.151. The highest BCUT2D eigenvalue weighted by Crippen LogP contribution is 2.26. The summed E-state index contributed by atoms with van der Waals surface area (Å²) >= 11 is 5.89. The second kappa shape index (κ2) is 6.39. The molecule has 0 aliphatic rings. The Kier molecular flexibility index (Phi) is 5.44. The minimum atomic E-state index is -0.352. The fourth-order valence-corrected chi connectivity index (χ4v) is 1.98. The van der Waals surface area contributed by atoms with Crippen molar-refractivity contribution in [2.24, 2.45) is 5.92 Å². The van der Waals surface area contributed by atoms with Crippen molar-refractivity contribution in [1.29, 1.82) is 0 Å². The molecule has 0 bridgehead atoms. The van der Waals surface area contributed by atoms with Crippen LogP contribution in [0, 0.1) is 5.92 Å². The Balaban J connectivity index is 2.93. The highest BCUT2D eigenvalue weighted by atomic mass is 35.5. The molecule has 0 aliphatic carbocycles. The largest absolute Gasteiger partial charge is 0.394 e. The minimum Gasteiger partial charge on any atom is -0.394 e. The van der Waals surface area contributed by atoms with Crippen molar-refractivity contribution in [2.75, 3.05) is 13.2 Å². The number of hydrogen-bond donors (Lipinski definition) is 2. The summed E-state index contributed by atoms with van der Waals surface area (Å²) in [6, 6.07) is 7.70. The van der Waals surface area contributed by atoms with Crippen LogP contribution in [0.3, 0.4) is 0 Å². The fraction of sp³-hybridized carbons (Fsp3) is 0.571. The first-order chi connectivity index (χ1) is 8.04. The normalized spacial score (nSPS) is 14.9. The summed E-state index contributed by atoms with van der Waals surface area (Å²) in [4.78, 5) is 0. The molecule has 3 heteroatoms. The van der Waals surface area contributed by atoms with Gasteiger partial charge in [0.2, 0.25) is 0 Å². The van der Waals surface area contributed by atoms with Gasteiger partial charge in [0.05, 0.1) is 12.1 Å². The molecule has 0 fully saturated rings. The topological polar surface area (TPSA) is 32.3 Å². The van der Waals surface area contributed by atoms with Gasteiger partial charge in [0.15, 0.2) is 0 Å². The Morgan fingerprint density at radius 3 is 2.29 bits per heavy atom. The van der Waals surface area contributed by atoms with Gasteiger partial charge in [0.1, 0.15) is 0 Å². The van der Waals surface area contributed by atoms with Crippen LogP contribution in [0.5, 0.6) is 0 Å². The van der Waals surface area contributed by atoms with Crippen LogP contribution in [0.4, 0.5) is 0 Å². The first-order valence-electron chi connectivity index (χ1n) is 6.16. The van der Waals surface area contributed by atoms with Crippen LogP contribution in [0.2, 0.25) is 5.02 Å². The number of halogens is 1. The highest BCUT2D eigenvalue weighted by Gasteiger charge is 2.28. The van der Waals surface area contributed by atoms with Gasteiger partial charge >= 0.3 is 0 Å². The molecule has 0 saturated heterocycles. The van der Waals surface area contributed by atoms with E-state index >= 15 is 0 Å². The number of aliphatic hydroxyl groups excluding tert-OH is 1. The van der Waals surface area contributed by atoms with Gasteiger partial charge in [-0.2, -0.15) is 0 Å². The van der Waals surface area contributed by atoms with Gasteiger partial charge in [-0.05, 0) is 36.6 Å². The number of aliphatic hydroxyl groups is 1. The van der Waals surface area contributed by atoms with E-state index in [1.165, 1.54) is 0 Å². The predicted molar refractivity (Wildman–Crippen MR) is 73.3 cm³/mol. The fourth-order valence-electron chi connectivity index (χ4n) is 1.86. The first-order valence-corrected chi connectivity index (χ1v) is 6.54. The van der Waals surface area contributed by atoms with E-state index < -0.39 is 0 Å². The Bertz CT molecular complexity index is 331. The SMILES string of the molecule is CCC(CO)(NCC(C)C)c1ccc(Cl)cc1. The summed E-state index contributed by atoms with van der Waals surface area (Å²) in [5.74, 6) is 0.555. The molecule has 0 radical (unpaired) electrons. The van der Waals surface area contributed by atoms with Gasteiger partial charge in [0.25, 0.3) is 0 Å². The lowest BCUT2D eigenvalue weighted by Crippen LogP contribution is -2.46. The van der Waals surface area contributed by atoms with Crippen LogP contribution in [-0.2, 0) is 5.54 Å². The summed E-state index contributed by atoms with van der Waals surface area (Å²) in [5.41, 5.74) is 0.738. The van der Waals surface area contributed by atoms with E-state index in [1.54, 1.807) is 0 Å². The van der Waals surface area contributed by atoms with E-state index in [2.05, 4.69) is 26.1 Å². The van der Waals surface area contributed by atoms with Crippen molar-refractivity contribution in [3.8, 4) is 0 Å². The van der Waals surface area contributed by atoms with Crippen molar-refractivity contribution in [3.05, 3.63) is 34.9 Å². The van der Waals surface area contributed by atoms with Crippen molar-refractivity contribution >= 4 is 11.6 Å². The van der Waals surface area contributed by atoms with Gasteiger partial charge in [0, 0.05) is 5.02 Å². The predicted octanol–water partition coefficient (Wildman–Crippen LogP) is 3.18. The zero-order chi connectivity index (χ0) is 12.9. The van der Waals surface area contributed by atoms with E-state index in [1.807, 2.05) is 24.3 Å². The molecular weight excluding hydrogens is 234 g/mol. The molecule has 0 aliphatic heterocycles. The van der Waals surface area contributed by atoms with Crippen molar-refractivity contribution in [1.82, 2.24) is 5.32 Å². The molecule has 17 heavy (non-hydrogen) atoms. The third-order valence-corrected chi connectivity index (χ3v) is 3.37. The van der Waals surface area contributed by atoms with E-state index in [0.29, 0.717) is 5.92 Å². The second-order valence-corrected chi connectivity index (χ2v) is 5.31. The van der Waals surface area contributed by atoms with Gasteiger partial charge in [-0.25, -0.2) is 0 Å². The molecule has 2 nitrogen and oxygen atoms in total. The molecular formula is C14H22ClNO. The van der Waals surface area contributed by atoms with Crippen LogP contribution in [0.1, 0.15) is 32.8 Å². The van der Waals surface area contributed by atoms with E-state index in [0.717, 1.165) is 23.6 Å². The smallest absolute Gasteiger partial charge is 0.0666 e. The summed E-state index contributed by atoms with van der Waals surface area (Å²) in [6.07, 6.45) is 0.845. The van der Waals surface area contributed by atoms with Gasteiger partial charge in [-0.15, -0.1) is 0 Å². The summed E-state index contributed by atoms with van der Waals surface area (Å²) in [6.45, 7) is 7.38. The third-order valence-electron chi connectivity index (χ3n) is 3.12. The van der Waals surface area contributed by atoms with Crippen molar-refractivity contribution in [2.45, 2.75) is 32.7 Å². The highest BCUT2D eigenvalue weighted by molar-refractivity contribution is 6.30. The summed E-state index contributed by atoms with van der Waals surface area (Å²) in [5, 5.41) is 13.9. The average Bonchev–Trinajstić information content (AvgIpc) is 2.32. The van der Waals surface area contributed by atoms with Crippen LogP contribution >= 0.6 is 11.6 Å². The molecule has 1 unspecified atom stereocenters. The molecule has 1 atom stereocenters. The molecule has 0 spiro atoms. The maximum Gasteiger partial charge on any atom is 0.0666 e. The minimum absolute atomic E-state index is 0.0951. The maximum atomic E-state index is 9.72. The van der Waals surface area contributed by atoms with Crippen LogP contribution < -0.4 is 5.32 Å². The molecule has 0 aromatic heterocycles. The number of nitrogens with one attached hydrogen (secondary N) is 1. The molecule has 0 amide bonds. The average molecular weight is 256 g/mol.